The molecule has 4 nitrogen and oxygen atoms in total. The highest BCUT2D eigenvalue weighted by molar-refractivity contribution is 6.10. The Morgan fingerprint density at radius 3 is 2.89 bits per heavy atom. The van der Waals surface area contributed by atoms with E-state index in [0.717, 1.165) is 11.4 Å². The third-order valence-corrected chi connectivity index (χ3v) is 2.64. The van der Waals surface area contributed by atoms with Gasteiger partial charge in [-0.25, -0.2) is 4.99 Å². The lowest BCUT2D eigenvalue weighted by Gasteiger charge is -2.16. The highest BCUT2D eigenvalue weighted by Crippen LogP contribution is 2.34. The summed E-state index contributed by atoms with van der Waals surface area (Å²) in [5.74, 6) is 1.46. The highest BCUT2D eigenvalue weighted by atomic mass is 16.5. The van der Waals surface area contributed by atoms with Crippen molar-refractivity contribution in [1.82, 2.24) is 0 Å². The van der Waals surface area contributed by atoms with Gasteiger partial charge in [-0.2, -0.15) is 0 Å². The summed E-state index contributed by atoms with van der Waals surface area (Å²) in [4.78, 5) is 15.4. The van der Waals surface area contributed by atoms with E-state index in [1.165, 1.54) is 6.92 Å². The molecule has 4 heteroatoms. The number of carbonyl (C=O) groups excluding carboxylic acids is 1. The molecule has 0 N–H and O–H groups in total. The van der Waals surface area contributed by atoms with Crippen LogP contribution in [-0.4, -0.2) is 11.7 Å². The maximum absolute atomic E-state index is 10.9. The molecule has 19 heavy (non-hydrogen) atoms. The van der Waals surface area contributed by atoms with E-state index < -0.39 is 0 Å². The first-order chi connectivity index (χ1) is 9.22. The van der Waals surface area contributed by atoms with E-state index >= 15 is 0 Å². The molecule has 0 bridgehead atoms. The summed E-state index contributed by atoms with van der Waals surface area (Å²) >= 11 is 0. The van der Waals surface area contributed by atoms with Crippen molar-refractivity contribution in [3.8, 4) is 5.75 Å². The number of rotatable bonds is 1. The second-order valence-corrected chi connectivity index (χ2v) is 4.09. The van der Waals surface area contributed by atoms with Crippen LogP contribution in [0.5, 0.6) is 5.75 Å². The van der Waals surface area contributed by atoms with E-state index in [4.69, 9.17) is 9.47 Å². The SMILES string of the molecule is CC(=O)OC1=CC=C2Oc3ccccc3N=C2C=C1. The molecule has 0 atom stereocenters. The largest absolute Gasteiger partial charge is 0.453 e. The van der Waals surface area contributed by atoms with Gasteiger partial charge in [-0.05, 0) is 36.4 Å². The number of hydrogen-bond acceptors (Lipinski definition) is 4. The van der Waals surface area contributed by atoms with Crippen molar-refractivity contribution < 1.29 is 14.3 Å². The Bertz CT molecular complexity index is 666. The first-order valence-electron chi connectivity index (χ1n) is 5.87. The standard InChI is InChI=1S/C15H11NO3/c1-10(17)18-11-6-8-13-15(9-7-11)19-14-5-3-2-4-12(14)16-13/h2-9H,1H3. The van der Waals surface area contributed by atoms with Crippen molar-refractivity contribution in [2.45, 2.75) is 6.92 Å². The predicted octanol–water partition coefficient (Wildman–Crippen LogP) is 3.05. The highest BCUT2D eigenvalue weighted by Gasteiger charge is 2.17. The molecule has 0 saturated carbocycles. The third-order valence-electron chi connectivity index (χ3n) is 2.64. The number of hydrogen-bond donors (Lipinski definition) is 0. The van der Waals surface area contributed by atoms with Crippen LogP contribution in [0.25, 0.3) is 0 Å². The van der Waals surface area contributed by atoms with Crippen LogP contribution in [-0.2, 0) is 9.53 Å². The Balaban J connectivity index is 1.98. The molecule has 3 rings (SSSR count). The number of allylic oxidation sites excluding steroid dienone is 4. The quantitative estimate of drug-likeness (QED) is 0.723. The minimum Gasteiger partial charge on any atom is -0.453 e. The molecule has 1 heterocycles. The summed E-state index contributed by atoms with van der Waals surface area (Å²) in [6.45, 7) is 1.36. The Morgan fingerprint density at radius 1 is 1.21 bits per heavy atom. The third kappa shape index (κ3) is 2.33. The van der Waals surface area contributed by atoms with E-state index in [2.05, 4.69) is 4.99 Å². The molecule has 1 aliphatic heterocycles. The van der Waals surface area contributed by atoms with Crippen LogP contribution >= 0.6 is 0 Å². The number of benzene rings is 1. The van der Waals surface area contributed by atoms with Gasteiger partial charge < -0.3 is 9.47 Å². The molecule has 0 saturated heterocycles. The van der Waals surface area contributed by atoms with Crippen molar-refractivity contribution in [1.29, 1.82) is 0 Å². The topological polar surface area (TPSA) is 47.9 Å². The van der Waals surface area contributed by atoms with Crippen molar-refractivity contribution in [2.75, 3.05) is 0 Å². The Hall–Kier alpha value is -2.62. The van der Waals surface area contributed by atoms with Gasteiger partial charge in [0, 0.05) is 6.92 Å². The van der Waals surface area contributed by atoms with E-state index in [0.29, 0.717) is 17.2 Å². The molecule has 1 aliphatic carbocycles. The monoisotopic (exact) mass is 253 g/mol. The number of para-hydroxylation sites is 2. The molecule has 1 aromatic rings. The first kappa shape index (κ1) is 11.5. The summed E-state index contributed by atoms with van der Waals surface area (Å²) in [7, 11) is 0. The molecule has 0 radical (unpaired) electrons. The zero-order valence-corrected chi connectivity index (χ0v) is 10.3. The van der Waals surface area contributed by atoms with Gasteiger partial charge in [0.15, 0.2) is 11.5 Å². The normalized spacial score (nSPS) is 15.9. The van der Waals surface area contributed by atoms with Crippen LogP contribution in [0.1, 0.15) is 6.92 Å². The second kappa shape index (κ2) is 4.57. The Labute approximate surface area is 110 Å². The Kier molecular flexibility index (Phi) is 2.76. The van der Waals surface area contributed by atoms with E-state index in [9.17, 15) is 4.79 Å². The molecular weight excluding hydrogens is 242 g/mol. The molecule has 0 unspecified atom stereocenters. The lowest BCUT2D eigenvalue weighted by atomic mass is 10.2. The van der Waals surface area contributed by atoms with Gasteiger partial charge >= 0.3 is 5.97 Å². The molecule has 0 aromatic heterocycles. The van der Waals surface area contributed by atoms with Gasteiger partial charge in [-0.3, -0.25) is 4.79 Å². The van der Waals surface area contributed by atoms with Gasteiger partial charge in [0.25, 0.3) is 0 Å². The van der Waals surface area contributed by atoms with Crippen LogP contribution < -0.4 is 4.74 Å². The summed E-state index contributed by atoms with van der Waals surface area (Å²) < 4.78 is 10.8. The van der Waals surface area contributed by atoms with Crippen LogP contribution in [0.2, 0.25) is 0 Å². The maximum atomic E-state index is 10.9. The number of fused-ring (bicyclic) bond motifs is 2. The van der Waals surface area contributed by atoms with E-state index in [-0.39, 0.29) is 5.97 Å². The Morgan fingerprint density at radius 2 is 2.05 bits per heavy atom. The second-order valence-electron chi connectivity index (χ2n) is 4.09. The summed E-state index contributed by atoms with van der Waals surface area (Å²) in [6.07, 6.45) is 6.89. The smallest absolute Gasteiger partial charge is 0.308 e. The lowest BCUT2D eigenvalue weighted by Crippen LogP contribution is -2.09. The summed E-state index contributed by atoms with van der Waals surface area (Å²) in [5.41, 5.74) is 1.49. The van der Waals surface area contributed by atoms with Gasteiger partial charge in [-0.1, -0.05) is 12.1 Å². The minimum atomic E-state index is -0.356. The zero-order chi connectivity index (χ0) is 13.2. The lowest BCUT2D eigenvalue weighted by molar-refractivity contribution is -0.136. The zero-order valence-electron chi connectivity index (χ0n) is 10.3. The molecule has 0 amide bonds. The molecule has 2 aliphatic rings. The molecule has 0 fully saturated rings. The van der Waals surface area contributed by atoms with E-state index in [1.807, 2.05) is 24.3 Å². The van der Waals surface area contributed by atoms with Crippen molar-refractivity contribution in [3.63, 3.8) is 0 Å². The van der Waals surface area contributed by atoms with Gasteiger partial charge in [0.2, 0.25) is 0 Å². The fourth-order valence-electron chi connectivity index (χ4n) is 1.84. The first-order valence-corrected chi connectivity index (χ1v) is 5.87. The molecule has 94 valence electrons. The van der Waals surface area contributed by atoms with Crippen molar-refractivity contribution in [3.05, 3.63) is 60.1 Å². The van der Waals surface area contributed by atoms with Gasteiger partial charge in [0.05, 0.1) is 0 Å². The van der Waals surface area contributed by atoms with E-state index in [1.54, 1.807) is 24.3 Å². The average molecular weight is 253 g/mol. The number of nitrogens with zero attached hydrogens (tertiary/aromatic N) is 1. The van der Waals surface area contributed by atoms with Crippen LogP contribution in [0.15, 0.2) is 65.1 Å². The van der Waals surface area contributed by atoms with Crippen LogP contribution in [0.4, 0.5) is 5.69 Å². The van der Waals surface area contributed by atoms with Crippen molar-refractivity contribution >= 4 is 17.4 Å². The number of carbonyl (C=O) groups is 1. The predicted molar refractivity (Wildman–Crippen MR) is 71.2 cm³/mol. The number of ether oxygens (including phenoxy) is 2. The molecular formula is C15H11NO3. The number of esters is 1. The fraction of sp³-hybridized carbons (Fsp3) is 0.0667. The minimum absolute atomic E-state index is 0.356. The maximum Gasteiger partial charge on any atom is 0.308 e. The summed E-state index contributed by atoms with van der Waals surface area (Å²) in [6, 6.07) is 7.55. The van der Waals surface area contributed by atoms with Gasteiger partial charge in [-0.15, -0.1) is 0 Å². The van der Waals surface area contributed by atoms with Crippen LogP contribution in [0, 0.1) is 0 Å². The molecule has 1 aromatic carbocycles. The van der Waals surface area contributed by atoms with Crippen molar-refractivity contribution in [2.24, 2.45) is 4.99 Å². The van der Waals surface area contributed by atoms with Crippen LogP contribution in [0.3, 0.4) is 0 Å². The summed E-state index contributed by atoms with van der Waals surface area (Å²) in [5, 5.41) is 0. The fourth-order valence-corrected chi connectivity index (χ4v) is 1.84. The number of aliphatic imine (C=N–C) groups is 1. The molecule has 0 spiro atoms. The average Bonchev–Trinajstić information content (AvgIpc) is 2.58. The van der Waals surface area contributed by atoms with Gasteiger partial charge in [0.1, 0.15) is 17.2 Å².